The van der Waals surface area contributed by atoms with Gasteiger partial charge in [-0.2, -0.15) is 0 Å². The molecule has 0 aliphatic rings. The Labute approximate surface area is 368 Å². The number of ether oxygens (including phenoxy) is 1. The van der Waals surface area contributed by atoms with Crippen LogP contribution in [0, 0.1) is 0 Å². The van der Waals surface area contributed by atoms with Gasteiger partial charge in [0.25, 0.3) is 0 Å². The maximum Gasteiger partial charge on any atom is 0.306 e. The zero-order valence-corrected chi connectivity index (χ0v) is 40.2. The van der Waals surface area contributed by atoms with Crippen LogP contribution < -0.4 is 5.32 Å². The fourth-order valence-electron chi connectivity index (χ4n) is 8.61. The molecule has 352 valence electrons. The Morgan fingerprint density at radius 3 is 1.03 bits per heavy atom. The van der Waals surface area contributed by atoms with Gasteiger partial charge in [-0.05, 0) is 25.7 Å². The van der Waals surface area contributed by atoms with E-state index in [9.17, 15) is 19.8 Å². The molecule has 3 atom stereocenters. The normalized spacial score (nSPS) is 13.1. The van der Waals surface area contributed by atoms with Gasteiger partial charge in [0.15, 0.2) is 0 Å². The number of aliphatic hydroxyl groups is 2. The van der Waals surface area contributed by atoms with Crippen molar-refractivity contribution in [3.8, 4) is 0 Å². The summed E-state index contributed by atoms with van der Waals surface area (Å²) in [5.41, 5.74) is 0. The summed E-state index contributed by atoms with van der Waals surface area (Å²) in [6, 6.07) is -0.691. The first-order valence-corrected chi connectivity index (χ1v) is 26.8. The summed E-state index contributed by atoms with van der Waals surface area (Å²) in [5.74, 6) is -0.454. The second kappa shape index (κ2) is 47.9. The first-order valence-electron chi connectivity index (χ1n) is 26.8. The average Bonchev–Trinajstić information content (AvgIpc) is 3.23. The number of hydrogen-bond donors (Lipinski definition) is 3. The Bertz CT molecular complexity index is 852. The quantitative estimate of drug-likeness (QED) is 0.0419. The Hall–Kier alpha value is -1.14. The molecule has 0 bridgehead atoms. The van der Waals surface area contributed by atoms with Crippen molar-refractivity contribution >= 4 is 11.9 Å². The lowest BCUT2D eigenvalue weighted by molar-refractivity contribution is -0.151. The van der Waals surface area contributed by atoms with E-state index in [1.54, 1.807) is 0 Å². The van der Waals surface area contributed by atoms with E-state index < -0.39 is 18.2 Å². The predicted molar refractivity (Wildman–Crippen MR) is 255 cm³/mol. The van der Waals surface area contributed by atoms with Crippen LogP contribution in [0.4, 0.5) is 0 Å². The van der Waals surface area contributed by atoms with Crippen LogP contribution >= 0.6 is 0 Å². The number of amides is 1. The standard InChI is InChI=1S/C53H105NO5/c1-4-7-10-13-16-19-21-23-24-25-26-27-28-30-32-34-37-40-43-46-53(58)59-49(44-41-38-35-18-15-12-9-6-3)47-52(57)54-50(48-55)51(56)45-42-39-36-33-31-29-22-20-17-14-11-8-5-2/h49-51,55-56H,4-48H2,1-3H3,(H,54,57). The zero-order chi connectivity index (χ0) is 43.1. The molecule has 6 heteroatoms. The summed E-state index contributed by atoms with van der Waals surface area (Å²) in [5, 5.41) is 23.7. The molecule has 0 saturated heterocycles. The molecule has 0 aromatic carbocycles. The SMILES string of the molecule is CCCCCCCCCCCCCCCCCCCCCC(=O)OC(CCCCCCCCCC)CC(=O)NC(CO)C(O)CCCCCCCCCCCCCCC. The van der Waals surface area contributed by atoms with Gasteiger partial charge >= 0.3 is 5.97 Å². The van der Waals surface area contributed by atoms with Crippen molar-refractivity contribution in [2.75, 3.05) is 6.61 Å². The molecular weight excluding hydrogens is 731 g/mol. The maximum atomic E-state index is 13.2. The topological polar surface area (TPSA) is 95.9 Å². The van der Waals surface area contributed by atoms with Crippen LogP contribution in [0.2, 0.25) is 0 Å². The van der Waals surface area contributed by atoms with Crippen molar-refractivity contribution in [2.45, 2.75) is 322 Å². The minimum atomic E-state index is -0.778. The molecule has 0 saturated carbocycles. The molecular formula is C53H105NO5. The molecule has 0 spiro atoms. The highest BCUT2D eigenvalue weighted by molar-refractivity contribution is 5.77. The number of carbonyl (C=O) groups is 2. The van der Waals surface area contributed by atoms with Crippen LogP contribution in [0.5, 0.6) is 0 Å². The minimum Gasteiger partial charge on any atom is -0.462 e. The van der Waals surface area contributed by atoms with Crippen LogP contribution in [-0.2, 0) is 14.3 Å². The van der Waals surface area contributed by atoms with E-state index >= 15 is 0 Å². The second-order valence-electron chi connectivity index (χ2n) is 18.6. The lowest BCUT2D eigenvalue weighted by Crippen LogP contribution is -2.46. The van der Waals surface area contributed by atoms with Gasteiger partial charge < -0.3 is 20.3 Å². The fourth-order valence-corrected chi connectivity index (χ4v) is 8.61. The smallest absolute Gasteiger partial charge is 0.306 e. The number of aliphatic hydroxyl groups excluding tert-OH is 2. The van der Waals surface area contributed by atoms with Gasteiger partial charge in [0.05, 0.1) is 25.2 Å². The van der Waals surface area contributed by atoms with Crippen molar-refractivity contribution in [3.05, 3.63) is 0 Å². The number of carbonyl (C=O) groups excluding carboxylic acids is 2. The lowest BCUT2D eigenvalue weighted by atomic mass is 10.0. The molecule has 0 rings (SSSR count). The molecule has 3 unspecified atom stereocenters. The molecule has 0 aliphatic carbocycles. The molecule has 0 heterocycles. The molecule has 6 nitrogen and oxygen atoms in total. The fraction of sp³-hybridized carbons (Fsp3) is 0.962. The van der Waals surface area contributed by atoms with Crippen molar-refractivity contribution in [3.63, 3.8) is 0 Å². The molecule has 0 radical (unpaired) electrons. The van der Waals surface area contributed by atoms with Crippen LogP contribution in [0.1, 0.15) is 303 Å². The molecule has 3 N–H and O–H groups in total. The number of esters is 1. The van der Waals surface area contributed by atoms with Crippen LogP contribution in [-0.4, -0.2) is 46.9 Å². The first kappa shape index (κ1) is 57.9. The lowest BCUT2D eigenvalue weighted by Gasteiger charge is -2.24. The predicted octanol–water partition coefficient (Wildman–Crippen LogP) is 16.0. The summed E-state index contributed by atoms with van der Waals surface area (Å²) in [6.45, 7) is 6.49. The Balaban J connectivity index is 4.31. The Morgan fingerprint density at radius 1 is 0.424 bits per heavy atom. The molecule has 0 aromatic heterocycles. The van der Waals surface area contributed by atoms with E-state index in [-0.39, 0.29) is 24.9 Å². The number of hydrogen-bond acceptors (Lipinski definition) is 5. The maximum absolute atomic E-state index is 13.2. The van der Waals surface area contributed by atoms with E-state index in [1.165, 1.54) is 218 Å². The highest BCUT2D eigenvalue weighted by Crippen LogP contribution is 2.19. The molecule has 1 amide bonds. The van der Waals surface area contributed by atoms with E-state index in [1.807, 2.05) is 0 Å². The van der Waals surface area contributed by atoms with Crippen molar-refractivity contribution in [1.29, 1.82) is 0 Å². The van der Waals surface area contributed by atoms with Crippen molar-refractivity contribution in [2.24, 2.45) is 0 Å². The summed E-state index contributed by atoms with van der Waals surface area (Å²) in [6.07, 6.45) is 51.8. The van der Waals surface area contributed by atoms with Gasteiger partial charge in [-0.15, -0.1) is 0 Å². The summed E-state index contributed by atoms with van der Waals surface area (Å²) in [7, 11) is 0. The summed E-state index contributed by atoms with van der Waals surface area (Å²) in [4.78, 5) is 26.1. The third kappa shape index (κ3) is 43.3. The van der Waals surface area contributed by atoms with E-state index in [2.05, 4.69) is 26.1 Å². The van der Waals surface area contributed by atoms with Gasteiger partial charge in [0.1, 0.15) is 6.10 Å². The van der Waals surface area contributed by atoms with Gasteiger partial charge in [-0.25, -0.2) is 0 Å². The number of nitrogens with one attached hydrogen (secondary N) is 1. The van der Waals surface area contributed by atoms with Gasteiger partial charge in [-0.3, -0.25) is 9.59 Å². The van der Waals surface area contributed by atoms with Crippen LogP contribution in [0.15, 0.2) is 0 Å². The monoisotopic (exact) mass is 836 g/mol. The summed E-state index contributed by atoms with van der Waals surface area (Å²) >= 11 is 0. The molecule has 0 fully saturated rings. The van der Waals surface area contributed by atoms with E-state index in [0.29, 0.717) is 19.3 Å². The van der Waals surface area contributed by atoms with Gasteiger partial charge in [-0.1, -0.05) is 265 Å². The van der Waals surface area contributed by atoms with Crippen molar-refractivity contribution < 1.29 is 24.5 Å². The molecule has 0 aliphatic heterocycles. The molecule has 0 aromatic rings. The first-order chi connectivity index (χ1) is 29.0. The van der Waals surface area contributed by atoms with Crippen molar-refractivity contribution in [1.82, 2.24) is 5.32 Å². The third-order valence-corrected chi connectivity index (χ3v) is 12.7. The zero-order valence-electron chi connectivity index (χ0n) is 40.2. The average molecular weight is 836 g/mol. The van der Waals surface area contributed by atoms with Crippen LogP contribution in [0.25, 0.3) is 0 Å². The number of unbranched alkanes of at least 4 members (excludes halogenated alkanes) is 37. The van der Waals surface area contributed by atoms with E-state index in [0.717, 1.165) is 38.5 Å². The molecule has 59 heavy (non-hydrogen) atoms. The Morgan fingerprint density at radius 2 is 0.712 bits per heavy atom. The summed E-state index contributed by atoms with van der Waals surface area (Å²) < 4.78 is 5.92. The second-order valence-corrected chi connectivity index (χ2v) is 18.6. The minimum absolute atomic E-state index is 0.0867. The highest BCUT2D eigenvalue weighted by Gasteiger charge is 2.24. The Kier molecular flexibility index (Phi) is 47.0. The third-order valence-electron chi connectivity index (χ3n) is 12.7. The van der Waals surface area contributed by atoms with Gasteiger partial charge in [0, 0.05) is 6.42 Å². The van der Waals surface area contributed by atoms with Gasteiger partial charge in [0.2, 0.25) is 5.91 Å². The van der Waals surface area contributed by atoms with E-state index in [4.69, 9.17) is 4.74 Å². The largest absolute Gasteiger partial charge is 0.462 e. The highest BCUT2D eigenvalue weighted by atomic mass is 16.5. The number of rotatable bonds is 49. The van der Waals surface area contributed by atoms with Crippen LogP contribution in [0.3, 0.4) is 0 Å².